The second-order valence-electron chi connectivity index (χ2n) is 5.85. The molecule has 4 heteroatoms. The lowest BCUT2D eigenvalue weighted by Crippen LogP contribution is -2.24. The van der Waals surface area contributed by atoms with E-state index in [1.807, 2.05) is 72.9 Å². The number of amides is 1. The molecule has 0 fully saturated rings. The molecule has 0 radical (unpaired) electrons. The standard InChI is InChI=1S/C21H21N3O/c25-21(24-15-18-5-2-1-3-6-18)13-17-8-10-20(11-9-17)23-16-19-7-4-12-22-14-19/h1-12,14,23H,13,15-16H2,(H,24,25). The maximum atomic E-state index is 12.0. The largest absolute Gasteiger partial charge is 0.381 e. The van der Waals surface area contributed by atoms with Crippen LogP contribution in [0.1, 0.15) is 16.7 Å². The summed E-state index contributed by atoms with van der Waals surface area (Å²) in [6.45, 7) is 1.29. The molecule has 0 saturated carbocycles. The highest BCUT2D eigenvalue weighted by Gasteiger charge is 2.03. The second kappa shape index (κ2) is 8.64. The van der Waals surface area contributed by atoms with Crippen molar-refractivity contribution in [2.24, 2.45) is 0 Å². The zero-order valence-electron chi connectivity index (χ0n) is 14.0. The predicted molar refractivity (Wildman–Crippen MR) is 100.0 cm³/mol. The van der Waals surface area contributed by atoms with Crippen LogP contribution in [0.2, 0.25) is 0 Å². The van der Waals surface area contributed by atoms with E-state index in [9.17, 15) is 4.79 Å². The topological polar surface area (TPSA) is 54.0 Å². The van der Waals surface area contributed by atoms with Crippen LogP contribution in [0, 0.1) is 0 Å². The van der Waals surface area contributed by atoms with Crippen LogP contribution in [0.5, 0.6) is 0 Å². The Balaban J connectivity index is 1.46. The zero-order valence-corrected chi connectivity index (χ0v) is 14.0. The Bertz CT molecular complexity index is 786. The number of hydrogen-bond donors (Lipinski definition) is 2. The van der Waals surface area contributed by atoms with Gasteiger partial charge in [-0.25, -0.2) is 0 Å². The Hall–Kier alpha value is -3.14. The molecule has 0 aliphatic heterocycles. The van der Waals surface area contributed by atoms with Crippen molar-refractivity contribution >= 4 is 11.6 Å². The Kier molecular flexibility index (Phi) is 5.77. The van der Waals surface area contributed by atoms with E-state index in [1.54, 1.807) is 6.20 Å². The van der Waals surface area contributed by atoms with E-state index in [1.165, 1.54) is 0 Å². The maximum Gasteiger partial charge on any atom is 0.224 e. The summed E-state index contributed by atoms with van der Waals surface area (Å²) in [5, 5.41) is 6.29. The third kappa shape index (κ3) is 5.46. The van der Waals surface area contributed by atoms with Crippen LogP contribution < -0.4 is 10.6 Å². The van der Waals surface area contributed by atoms with Crippen LogP contribution in [0.15, 0.2) is 79.1 Å². The van der Waals surface area contributed by atoms with Gasteiger partial charge in [-0.1, -0.05) is 48.5 Å². The third-order valence-corrected chi connectivity index (χ3v) is 3.87. The van der Waals surface area contributed by atoms with Gasteiger partial charge in [0.2, 0.25) is 5.91 Å². The molecule has 0 bridgehead atoms. The highest BCUT2D eigenvalue weighted by molar-refractivity contribution is 5.78. The maximum absolute atomic E-state index is 12.0. The number of rotatable bonds is 7. The predicted octanol–water partition coefficient (Wildman–Crippen LogP) is 3.55. The van der Waals surface area contributed by atoms with Crippen molar-refractivity contribution < 1.29 is 4.79 Å². The molecule has 0 spiro atoms. The minimum atomic E-state index is 0.0277. The van der Waals surface area contributed by atoms with Gasteiger partial charge in [-0.05, 0) is 34.9 Å². The first-order valence-corrected chi connectivity index (χ1v) is 8.32. The lowest BCUT2D eigenvalue weighted by molar-refractivity contribution is -0.120. The zero-order chi connectivity index (χ0) is 17.3. The smallest absolute Gasteiger partial charge is 0.224 e. The van der Waals surface area contributed by atoms with Crippen molar-refractivity contribution in [1.29, 1.82) is 0 Å². The highest BCUT2D eigenvalue weighted by Crippen LogP contribution is 2.11. The van der Waals surface area contributed by atoms with Gasteiger partial charge in [0.25, 0.3) is 0 Å². The number of carbonyl (C=O) groups is 1. The van der Waals surface area contributed by atoms with Crippen molar-refractivity contribution in [3.05, 3.63) is 95.8 Å². The summed E-state index contributed by atoms with van der Waals surface area (Å²) in [6.07, 6.45) is 4.00. The number of hydrogen-bond acceptors (Lipinski definition) is 3. The summed E-state index contributed by atoms with van der Waals surface area (Å²) < 4.78 is 0. The molecule has 0 unspecified atom stereocenters. The lowest BCUT2D eigenvalue weighted by atomic mass is 10.1. The fourth-order valence-corrected chi connectivity index (χ4v) is 2.49. The molecule has 2 aromatic carbocycles. The molecule has 2 N–H and O–H groups in total. The Morgan fingerprint density at radius 2 is 1.56 bits per heavy atom. The van der Waals surface area contributed by atoms with Gasteiger partial charge in [0.05, 0.1) is 6.42 Å². The Labute approximate surface area is 147 Å². The minimum absolute atomic E-state index is 0.0277. The number of aromatic nitrogens is 1. The Morgan fingerprint density at radius 1 is 0.800 bits per heavy atom. The minimum Gasteiger partial charge on any atom is -0.381 e. The Morgan fingerprint density at radius 3 is 2.28 bits per heavy atom. The van der Waals surface area contributed by atoms with Crippen LogP contribution >= 0.6 is 0 Å². The molecule has 3 aromatic rings. The van der Waals surface area contributed by atoms with Crippen molar-refractivity contribution in [3.63, 3.8) is 0 Å². The summed E-state index contributed by atoms with van der Waals surface area (Å²) in [5.41, 5.74) is 4.26. The fraction of sp³-hybridized carbons (Fsp3) is 0.143. The van der Waals surface area contributed by atoms with Crippen LogP contribution in [0.25, 0.3) is 0 Å². The van der Waals surface area contributed by atoms with Gasteiger partial charge in [-0.3, -0.25) is 9.78 Å². The summed E-state index contributed by atoms with van der Waals surface area (Å²) in [7, 11) is 0. The number of pyridine rings is 1. The number of benzene rings is 2. The molecule has 25 heavy (non-hydrogen) atoms. The summed E-state index contributed by atoms with van der Waals surface area (Å²) in [5.74, 6) is 0.0277. The van der Waals surface area contributed by atoms with Gasteiger partial charge in [-0.2, -0.15) is 0 Å². The molecule has 0 atom stereocenters. The first kappa shape index (κ1) is 16.7. The van der Waals surface area contributed by atoms with E-state index in [0.29, 0.717) is 13.0 Å². The monoisotopic (exact) mass is 331 g/mol. The van der Waals surface area contributed by atoms with E-state index < -0.39 is 0 Å². The molecule has 0 aliphatic rings. The van der Waals surface area contributed by atoms with Gasteiger partial charge in [0.15, 0.2) is 0 Å². The molecule has 1 aromatic heterocycles. The fourth-order valence-electron chi connectivity index (χ4n) is 2.49. The average Bonchev–Trinajstić information content (AvgIpc) is 2.67. The molecule has 1 amide bonds. The number of nitrogens with one attached hydrogen (secondary N) is 2. The lowest BCUT2D eigenvalue weighted by Gasteiger charge is -2.08. The number of nitrogens with zero attached hydrogens (tertiary/aromatic N) is 1. The van der Waals surface area contributed by atoms with Gasteiger partial charge in [0, 0.05) is 31.2 Å². The van der Waals surface area contributed by atoms with E-state index in [4.69, 9.17) is 0 Å². The quantitative estimate of drug-likeness (QED) is 0.696. The molecule has 1 heterocycles. The average molecular weight is 331 g/mol. The van der Waals surface area contributed by atoms with Crippen LogP contribution in [-0.2, 0) is 24.3 Å². The molecule has 4 nitrogen and oxygen atoms in total. The normalized spacial score (nSPS) is 10.2. The van der Waals surface area contributed by atoms with Crippen LogP contribution in [0.4, 0.5) is 5.69 Å². The summed E-state index contributed by atoms with van der Waals surface area (Å²) in [4.78, 5) is 16.1. The van der Waals surface area contributed by atoms with Crippen molar-refractivity contribution in [1.82, 2.24) is 10.3 Å². The van der Waals surface area contributed by atoms with Crippen molar-refractivity contribution in [2.75, 3.05) is 5.32 Å². The van der Waals surface area contributed by atoms with Crippen LogP contribution in [0.3, 0.4) is 0 Å². The van der Waals surface area contributed by atoms with Crippen LogP contribution in [-0.4, -0.2) is 10.9 Å². The molecular weight excluding hydrogens is 310 g/mol. The summed E-state index contributed by atoms with van der Waals surface area (Å²) in [6, 6.07) is 21.8. The first-order valence-electron chi connectivity index (χ1n) is 8.32. The van der Waals surface area contributed by atoms with E-state index in [-0.39, 0.29) is 5.91 Å². The first-order chi connectivity index (χ1) is 12.3. The summed E-state index contributed by atoms with van der Waals surface area (Å²) >= 11 is 0. The molecule has 0 aliphatic carbocycles. The molecule has 0 saturated heterocycles. The van der Waals surface area contributed by atoms with E-state index in [2.05, 4.69) is 15.6 Å². The third-order valence-electron chi connectivity index (χ3n) is 3.87. The van der Waals surface area contributed by atoms with E-state index >= 15 is 0 Å². The van der Waals surface area contributed by atoms with Crippen molar-refractivity contribution in [3.8, 4) is 0 Å². The van der Waals surface area contributed by atoms with Gasteiger partial charge in [-0.15, -0.1) is 0 Å². The molecule has 126 valence electrons. The van der Waals surface area contributed by atoms with Gasteiger partial charge >= 0.3 is 0 Å². The van der Waals surface area contributed by atoms with Gasteiger partial charge in [0.1, 0.15) is 0 Å². The number of anilines is 1. The SMILES string of the molecule is O=C(Cc1ccc(NCc2cccnc2)cc1)NCc1ccccc1. The highest BCUT2D eigenvalue weighted by atomic mass is 16.1. The van der Waals surface area contributed by atoms with Gasteiger partial charge < -0.3 is 10.6 Å². The number of carbonyl (C=O) groups excluding carboxylic acids is 1. The second-order valence-corrected chi connectivity index (χ2v) is 5.85. The van der Waals surface area contributed by atoms with Crippen molar-refractivity contribution in [2.45, 2.75) is 19.5 Å². The van der Waals surface area contributed by atoms with E-state index in [0.717, 1.165) is 28.9 Å². The molecule has 3 rings (SSSR count). The molecular formula is C21H21N3O.